The van der Waals surface area contributed by atoms with Crippen LogP contribution in [-0.4, -0.2) is 11.2 Å². The minimum absolute atomic E-state index is 0.146. The van der Waals surface area contributed by atoms with Gasteiger partial charge in [-0.05, 0) is 41.0 Å². The Hall–Kier alpha value is -2.16. The SMILES string of the molecule is C[C@H](c1cccc2ccccc12)N(P)C/C=C/c1cccc(C(F)(F)F)c1. The molecule has 140 valence electrons. The number of alkyl halides is 3. The summed E-state index contributed by atoms with van der Waals surface area (Å²) < 4.78 is 40.5. The highest BCUT2D eigenvalue weighted by Crippen LogP contribution is 2.31. The first-order valence-corrected chi connectivity index (χ1v) is 9.20. The van der Waals surface area contributed by atoms with Crippen molar-refractivity contribution in [2.24, 2.45) is 0 Å². The second-order valence-corrected chi connectivity index (χ2v) is 7.13. The largest absolute Gasteiger partial charge is 0.416 e. The van der Waals surface area contributed by atoms with Crippen molar-refractivity contribution < 1.29 is 13.2 Å². The molecular formula is C22H21F3NP. The lowest BCUT2D eigenvalue weighted by molar-refractivity contribution is -0.137. The summed E-state index contributed by atoms with van der Waals surface area (Å²) in [6, 6.07) is 20.0. The molecule has 0 amide bonds. The average molecular weight is 387 g/mol. The number of benzene rings is 3. The Morgan fingerprint density at radius 3 is 2.48 bits per heavy atom. The molecule has 5 heteroatoms. The molecule has 0 fully saturated rings. The van der Waals surface area contributed by atoms with Gasteiger partial charge in [-0.1, -0.05) is 76.1 Å². The van der Waals surface area contributed by atoms with Crippen LogP contribution in [0, 0.1) is 0 Å². The summed E-state index contributed by atoms with van der Waals surface area (Å²) in [5.74, 6) is 0. The van der Waals surface area contributed by atoms with E-state index >= 15 is 0 Å². The van der Waals surface area contributed by atoms with Crippen molar-refractivity contribution in [3.05, 3.63) is 89.5 Å². The summed E-state index contributed by atoms with van der Waals surface area (Å²) in [6.45, 7) is 2.72. The fourth-order valence-corrected chi connectivity index (χ4v) is 3.36. The highest BCUT2D eigenvalue weighted by atomic mass is 31.0. The van der Waals surface area contributed by atoms with Crippen molar-refractivity contribution in [1.29, 1.82) is 0 Å². The van der Waals surface area contributed by atoms with E-state index in [-0.39, 0.29) is 6.04 Å². The van der Waals surface area contributed by atoms with E-state index in [9.17, 15) is 13.2 Å². The van der Waals surface area contributed by atoms with Crippen LogP contribution in [0.2, 0.25) is 0 Å². The van der Waals surface area contributed by atoms with E-state index in [1.807, 2.05) is 24.3 Å². The van der Waals surface area contributed by atoms with Crippen LogP contribution in [0.1, 0.15) is 29.7 Å². The van der Waals surface area contributed by atoms with E-state index in [1.54, 1.807) is 12.1 Å². The fraction of sp³-hybridized carbons (Fsp3) is 0.182. The molecule has 3 aromatic carbocycles. The molecule has 0 bridgehead atoms. The molecule has 1 nitrogen and oxygen atoms in total. The van der Waals surface area contributed by atoms with Gasteiger partial charge in [-0.3, -0.25) is 4.67 Å². The Labute approximate surface area is 159 Å². The first kappa shape index (κ1) is 19.6. The lowest BCUT2D eigenvalue weighted by Crippen LogP contribution is -2.16. The Kier molecular flexibility index (Phi) is 5.98. The monoisotopic (exact) mass is 387 g/mol. The van der Waals surface area contributed by atoms with Crippen LogP contribution in [-0.2, 0) is 6.18 Å². The van der Waals surface area contributed by atoms with Gasteiger partial charge in [-0.25, -0.2) is 0 Å². The summed E-state index contributed by atoms with van der Waals surface area (Å²) >= 11 is 0. The van der Waals surface area contributed by atoms with Gasteiger partial charge in [-0.15, -0.1) is 0 Å². The summed E-state index contributed by atoms with van der Waals surface area (Å²) in [5, 5.41) is 2.40. The van der Waals surface area contributed by atoms with E-state index in [1.165, 1.54) is 22.4 Å². The Balaban J connectivity index is 1.72. The zero-order valence-corrected chi connectivity index (χ0v) is 16.1. The number of halogens is 3. The summed E-state index contributed by atoms with van der Waals surface area (Å²) in [5.41, 5.74) is 1.13. The number of fused-ring (bicyclic) bond motifs is 1. The van der Waals surface area contributed by atoms with Crippen molar-refractivity contribution in [3.63, 3.8) is 0 Å². The first-order valence-electron chi connectivity index (χ1n) is 8.69. The van der Waals surface area contributed by atoms with Crippen molar-refractivity contribution in [2.45, 2.75) is 19.1 Å². The van der Waals surface area contributed by atoms with E-state index < -0.39 is 11.7 Å². The second kappa shape index (κ2) is 8.24. The van der Waals surface area contributed by atoms with Crippen LogP contribution in [0.4, 0.5) is 13.2 Å². The van der Waals surface area contributed by atoms with Crippen LogP contribution in [0.5, 0.6) is 0 Å². The van der Waals surface area contributed by atoms with Crippen molar-refractivity contribution in [1.82, 2.24) is 4.67 Å². The first-order chi connectivity index (χ1) is 12.9. The molecule has 0 aliphatic carbocycles. The van der Waals surface area contributed by atoms with Crippen molar-refractivity contribution >= 4 is 26.2 Å². The Morgan fingerprint density at radius 1 is 1.00 bits per heavy atom. The normalized spacial score (nSPS) is 13.6. The minimum Gasteiger partial charge on any atom is -0.277 e. The van der Waals surface area contributed by atoms with Crippen LogP contribution in [0.15, 0.2) is 72.8 Å². The summed E-state index contributed by atoms with van der Waals surface area (Å²) in [6.07, 6.45) is -0.717. The van der Waals surface area contributed by atoms with Gasteiger partial charge in [0, 0.05) is 12.6 Å². The van der Waals surface area contributed by atoms with Crippen LogP contribution in [0.3, 0.4) is 0 Å². The van der Waals surface area contributed by atoms with E-state index in [0.717, 1.165) is 12.1 Å². The van der Waals surface area contributed by atoms with Crippen LogP contribution in [0.25, 0.3) is 16.8 Å². The Bertz CT molecular complexity index is 944. The number of hydrogen-bond acceptors (Lipinski definition) is 1. The highest BCUT2D eigenvalue weighted by Gasteiger charge is 2.30. The quantitative estimate of drug-likeness (QED) is 0.439. The van der Waals surface area contributed by atoms with Gasteiger partial charge >= 0.3 is 6.18 Å². The summed E-state index contributed by atoms with van der Waals surface area (Å²) in [4.78, 5) is 0. The smallest absolute Gasteiger partial charge is 0.277 e. The number of hydrogen-bond donors (Lipinski definition) is 0. The van der Waals surface area contributed by atoms with Gasteiger partial charge in [0.15, 0.2) is 0 Å². The van der Waals surface area contributed by atoms with Crippen molar-refractivity contribution in [2.75, 3.05) is 6.54 Å². The molecule has 0 saturated heterocycles. The number of nitrogens with zero attached hydrogens (tertiary/aromatic N) is 1. The van der Waals surface area contributed by atoms with Gasteiger partial charge in [-0.2, -0.15) is 13.2 Å². The molecule has 3 aromatic rings. The minimum atomic E-state index is -4.32. The molecule has 0 aliphatic rings. The fourth-order valence-electron chi connectivity index (χ4n) is 3.08. The highest BCUT2D eigenvalue weighted by molar-refractivity contribution is 7.13. The molecule has 0 aromatic heterocycles. The molecule has 0 saturated carbocycles. The van der Waals surface area contributed by atoms with Gasteiger partial charge in [0.05, 0.1) is 5.56 Å². The molecule has 2 atom stereocenters. The predicted octanol–water partition coefficient (Wildman–Crippen LogP) is 6.73. The third-order valence-corrected chi connectivity index (χ3v) is 5.27. The van der Waals surface area contributed by atoms with Crippen LogP contribution >= 0.6 is 9.39 Å². The molecule has 27 heavy (non-hydrogen) atoms. The van der Waals surface area contributed by atoms with Gasteiger partial charge in [0.1, 0.15) is 0 Å². The maximum atomic E-state index is 12.8. The molecule has 0 spiro atoms. The summed E-state index contributed by atoms with van der Waals surface area (Å²) in [7, 11) is 2.71. The number of rotatable bonds is 5. The maximum Gasteiger partial charge on any atom is 0.416 e. The zero-order valence-electron chi connectivity index (χ0n) is 14.9. The predicted molar refractivity (Wildman–Crippen MR) is 109 cm³/mol. The third kappa shape index (κ3) is 4.77. The van der Waals surface area contributed by atoms with Crippen molar-refractivity contribution in [3.8, 4) is 0 Å². The Morgan fingerprint density at radius 2 is 1.70 bits per heavy atom. The molecule has 3 rings (SSSR count). The standard InChI is InChI=1S/C22H21F3NP/c1-16(20-13-5-10-18-9-2-3-12-21(18)20)26(27)14-6-8-17-7-4-11-19(15-17)22(23,24)25/h2-13,15-16H,14,27H2,1H3/b8-6+/t16-/m1/s1. The molecule has 1 unspecified atom stereocenters. The lowest BCUT2D eigenvalue weighted by Gasteiger charge is -2.24. The van der Waals surface area contributed by atoms with E-state index in [0.29, 0.717) is 12.1 Å². The lowest BCUT2D eigenvalue weighted by atomic mass is 10.00. The maximum absolute atomic E-state index is 12.8. The third-order valence-electron chi connectivity index (χ3n) is 4.61. The molecule has 0 aliphatic heterocycles. The topological polar surface area (TPSA) is 3.24 Å². The molecule has 0 N–H and O–H groups in total. The van der Waals surface area contributed by atoms with Gasteiger partial charge in [0.25, 0.3) is 0 Å². The molecule has 0 heterocycles. The van der Waals surface area contributed by atoms with E-state index in [2.05, 4.69) is 45.3 Å². The van der Waals surface area contributed by atoms with Gasteiger partial charge < -0.3 is 0 Å². The molecule has 0 radical (unpaired) electrons. The zero-order chi connectivity index (χ0) is 19.4. The van der Waals surface area contributed by atoms with Crippen LogP contribution < -0.4 is 0 Å². The van der Waals surface area contributed by atoms with Gasteiger partial charge in [0.2, 0.25) is 0 Å². The average Bonchev–Trinajstić information content (AvgIpc) is 2.66. The molecular weight excluding hydrogens is 366 g/mol. The van der Waals surface area contributed by atoms with E-state index in [4.69, 9.17) is 0 Å². The second-order valence-electron chi connectivity index (χ2n) is 6.47.